The van der Waals surface area contributed by atoms with Crippen LogP contribution in [0.1, 0.15) is 37.8 Å². The van der Waals surface area contributed by atoms with Crippen LogP contribution in [0.2, 0.25) is 0 Å². The van der Waals surface area contributed by atoms with Gasteiger partial charge in [0.25, 0.3) is 0 Å². The fourth-order valence-electron chi connectivity index (χ4n) is 5.27. The van der Waals surface area contributed by atoms with E-state index in [9.17, 15) is 18.0 Å². The predicted molar refractivity (Wildman–Crippen MR) is 166 cm³/mol. The van der Waals surface area contributed by atoms with Crippen molar-refractivity contribution < 1.29 is 32.2 Å². The molecule has 4 aromatic rings. The van der Waals surface area contributed by atoms with Crippen molar-refractivity contribution in [2.75, 3.05) is 19.5 Å². The summed E-state index contributed by atoms with van der Waals surface area (Å²) in [4.78, 5) is 19.3. The first-order valence-electron chi connectivity index (χ1n) is 14.1. The number of aromatic nitrogens is 1. The van der Waals surface area contributed by atoms with Crippen LogP contribution in [0, 0.1) is 17.5 Å². The van der Waals surface area contributed by atoms with Crippen LogP contribution < -0.4 is 15.2 Å². The number of hydrogen-bond acceptors (Lipinski definition) is 7. The molecule has 0 fully saturated rings. The number of aliphatic imine (C=N–C) groups is 1. The summed E-state index contributed by atoms with van der Waals surface area (Å²) in [6, 6.07) is 11.2. The second kappa shape index (κ2) is 13.1. The van der Waals surface area contributed by atoms with E-state index in [1.54, 1.807) is 25.3 Å². The highest BCUT2D eigenvalue weighted by Gasteiger charge is 2.36. The van der Waals surface area contributed by atoms with E-state index >= 15 is 0 Å². The maximum absolute atomic E-state index is 15.0. The third kappa shape index (κ3) is 6.01. The first kappa shape index (κ1) is 31.1. The molecule has 0 aliphatic carbocycles. The zero-order chi connectivity index (χ0) is 31.4. The normalized spacial score (nSPS) is 16.6. The number of fused-ring (bicyclic) bond motifs is 2. The molecular formula is C33H32F3N3O4S. The van der Waals surface area contributed by atoms with Crippen LogP contribution in [0.25, 0.3) is 10.9 Å². The van der Waals surface area contributed by atoms with Gasteiger partial charge in [0.2, 0.25) is 5.82 Å². The van der Waals surface area contributed by atoms with E-state index < -0.39 is 22.9 Å². The summed E-state index contributed by atoms with van der Waals surface area (Å²) in [6.45, 7) is 4.51. The maximum atomic E-state index is 15.0. The molecule has 1 aliphatic rings. The summed E-state index contributed by atoms with van der Waals surface area (Å²) < 4.78 is 61.2. The Morgan fingerprint density at radius 2 is 2.02 bits per heavy atom. The Morgan fingerprint density at radius 1 is 1.20 bits per heavy atom. The molecule has 3 aromatic carbocycles. The van der Waals surface area contributed by atoms with Crippen molar-refractivity contribution in [2.45, 2.75) is 43.4 Å². The van der Waals surface area contributed by atoms with Gasteiger partial charge in [0.15, 0.2) is 11.6 Å². The molecule has 1 aliphatic heterocycles. The number of para-hydroxylation sites is 1. The molecule has 7 nitrogen and oxygen atoms in total. The van der Waals surface area contributed by atoms with E-state index in [1.807, 2.05) is 25.1 Å². The van der Waals surface area contributed by atoms with Gasteiger partial charge >= 0.3 is 5.97 Å². The number of rotatable bonds is 10. The molecule has 5 rings (SSSR count). The number of halogens is 3. The SMILES string of the molecule is CCOC(=O)CCc1cccc2c1OCCC2(C)/C(N)=C/C=Nc1cc(Oc2c(F)c(F)c3[nH]ccc3c2SC)ccc1F. The maximum Gasteiger partial charge on any atom is 0.306 e. The monoisotopic (exact) mass is 623 g/mol. The van der Waals surface area contributed by atoms with Crippen molar-refractivity contribution >= 4 is 40.5 Å². The quantitative estimate of drug-likeness (QED) is 0.106. The van der Waals surface area contributed by atoms with E-state index in [2.05, 4.69) is 9.98 Å². The average molecular weight is 624 g/mol. The average Bonchev–Trinajstić information content (AvgIpc) is 3.50. The lowest BCUT2D eigenvalue weighted by Crippen LogP contribution is -2.35. The Bertz CT molecular complexity index is 1770. The number of aryl methyl sites for hydroxylation is 1. The van der Waals surface area contributed by atoms with Crippen LogP contribution >= 0.6 is 11.8 Å². The minimum absolute atomic E-state index is 0.0433. The summed E-state index contributed by atoms with van der Waals surface area (Å²) in [7, 11) is 0. The van der Waals surface area contributed by atoms with E-state index in [4.69, 9.17) is 19.9 Å². The third-order valence-corrected chi connectivity index (χ3v) is 8.51. The van der Waals surface area contributed by atoms with Crippen molar-refractivity contribution in [3.63, 3.8) is 0 Å². The molecule has 3 N–H and O–H groups in total. The topological polar surface area (TPSA) is 98.9 Å². The number of benzene rings is 3. The zero-order valence-corrected chi connectivity index (χ0v) is 25.3. The van der Waals surface area contributed by atoms with Crippen LogP contribution in [0.4, 0.5) is 18.9 Å². The van der Waals surface area contributed by atoms with Crippen molar-refractivity contribution in [1.82, 2.24) is 4.98 Å². The van der Waals surface area contributed by atoms with Gasteiger partial charge in [-0.25, -0.2) is 8.78 Å². The van der Waals surface area contributed by atoms with Crippen molar-refractivity contribution in [3.8, 4) is 17.2 Å². The van der Waals surface area contributed by atoms with Crippen molar-refractivity contribution in [1.29, 1.82) is 0 Å². The molecule has 0 bridgehead atoms. The van der Waals surface area contributed by atoms with Gasteiger partial charge in [-0.1, -0.05) is 18.2 Å². The van der Waals surface area contributed by atoms with E-state index in [0.29, 0.717) is 47.8 Å². The highest BCUT2D eigenvalue weighted by Crippen LogP contribution is 2.44. The Kier molecular flexibility index (Phi) is 9.24. The number of allylic oxidation sites excluding steroid dienone is 2. The molecule has 230 valence electrons. The number of ether oxygens (including phenoxy) is 3. The lowest BCUT2D eigenvalue weighted by Gasteiger charge is -2.37. The lowest BCUT2D eigenvalue weighted by molar-refractivity contribution is -0.143. The molecule has 2 heterocycles. The molecule has 1 aromatic heterocycles. The molecule has 11 heteroatoms. The van der Waals surface area contributed by atoms with Gasteiger partial charge in [-0.15, -0.1) is 11.8 Å². The van der Waals surface area contributed by atoms with Crippen LogP contribution in [0.5, 0.6) is 17.2 Å². The smallest absolute Gasteiger partial charge is 0.306 e. The molecule has 0 saturated carbocycles. The van der Waals surface area contributed by atoms with Gasteiger partial charge in [-0.05, 0) is 62.8 Å². The highest BCUT2D eigenvalue weighted by atomic mass is 32.2. The van der Waals surface area contributed by atoms with Crippen molar-refractivity contribution in [3.05, 3.63) is 89.0 Å². The first-order valence-corrected chi connectivity index (χ1v) is 15.3. The summed E-state index contributed by atoms with van der Waals surface area (Å²) in [5.74, 6) is -2.63. The van der Waals surface area contributed by atoms with Gasteiger partial charge in [0, 0.05) is 47.0 Å². The molecule has 1 atom stereocenters. The number of nitrogens with zero attached hydrogens (tertiary/aromatic N) is 1. The number of thioether (sulfide) groups is 1. The number of nitrogens with two attached hydrogens (primary N) is 1. The number of carbonyl (C=O) groups is 1. The number of nitrogens with one attached hydrogen (secondary N) is 1. The summed E-state index contributed by atoms with van der Waals surface area (Å²) in [5.41, 5.74) is 8.21. The Labute approximate surface area is 257 Å². The van der Waals surface area contributed by atoms with Gasteiger partial charge in [-0.3, -0.25) is 9.79 Å². The number of H-pyrrole nitrogens is 1. The first-order chi connectivity index (χ1) is 21.2. The minimum Gasteiger partial charge on any atom is -0.493 e. The largest absolute Gasteiger partial charge is 0.493 e. The Hall–Kier alpha value is -4.38. The van der Waals surface area contributed by atoms with Crippen LogP contribution in [-0.4, -0.2) is 36.6 Å². The fraction of sp³-hybridized carbons (Fsp3) is 0.273. The fourth-order valence-corrected chi connectivity index (χ4v) is 5.97. The summed E-state index contributed by atoms with van der Waals surface area (Å²) in [5, 5.41) is 0.474. The van der Waals surface area contributed by atoms with E-state index in [1.165, 1.54) is 36.3 Å². The van der Waals surface area contributed by atoms with Crippen LogP contribution in [0.15, 0.2) is 70.3 Å². The molecule has 0 amide bonds. The molecule has 44 heavy (non-hydrogen) atoms. The standard InChI is InChI=1S/C33H32F3N3O4S/c1-4-41-26(40)11-8-19-6-5-7-22-30(19)42-17-14-33(22,2)25(37)13-16-38-24-18-20(9-10-23(24)34)43-31-28(36)27(35)29-21(12-15-39-29)32(31)44-3/h5-7,9-10,12-13,15-16,18,39H,4,8,11,14,17,37H2,1-3H3/b25-13-,38-16?. The highest BCUT2D eigenvalue weighted by molar-refractivity contribution is 7.99. The van der Waals surface area contributed by atoms with E-state index in [-0.39, 0.29) is 35.1 Å². The molecule has 0 saturated heterocycles. The Morgan fingerprint density at radius 3 is 2.80 bits per heavy atom. The Balaban J connectivity index is 1.39. The van der Waals surface area contributed by atoms with Gasteiger partial charge < -0.3 is 24.9 Å². The summed E-state index contributed by atoms with van der Waals surface area (Å²) in [6.07, 6.45) is 7.54. The van der Waals surface area contributed by atoms with Gasteiger partial charge in [0.1, 0.15) is 23.0 Å². The third-order valence-electron chi connectivity index (χ3n) is 7.70. The predicted octanol–water partition coefficient (Wildman–Crippen LogP) is 7.88. The zero-order valence-electron chi connectivity index (χ0n) is 24.5. The van der Waals surface area contributed by atoms with Crippen molar-refractivity contribution in [2.24, 2.45) is 10.7 Å². The molecule has 0 radical (unpaired) electrons. The summed E-state index contributed by atoms with van der Waals surface area (Å²) >= 11 is 1.20. The van der Waals surface area contributed by atoms with Gasteiger partial charge in [0.05, 0.1) is 23.6 Å². The van der Waals surface area contributed by atoms with Gasteiger partial charge in [-0.2, -0.15) is 4.39 Å². The number of esters is 1. The molecular weight excluding hydrogens is 591 g/mol. The van der Waals surface area contributed by atoms with E-state index in [0.717, 1.165) is 17.2 Å². The molecule has 1 unspecified atom stereocenters. The van der Waals surface area contributed by atoms with Crippen LogP contribution in [0.3, 0.4) is 0 Å². The number of hydrogen-bond donors (Lipinski definition) is 2. The number of carbonyl (C=O) groups excluding carboxylic acids is 1. The minimum atomic E-state index is -1.15. The molecule has 0 spiro atoms. The second-order valence-corrected chi connectivity index (χ2v) is 11.2. The number of aromatic amines is 1. The van der Waals surface area contributed by atoms with Crippen LogP contribution in [-0.2, 0) is 21.4 Å². The second-order valence-electron chi connectivity index (χ2n) is 10.4. The lowest BCUT2D eigenvalue weighted by atomic mass is 9.74.